The van der Waals surface area contributed by atoms with Crippen LogP contribution in [-0.4, -0.2) is 5.11 Å². The van der Waals surface area contributed by atoms with Crippen molar-refractivity contribution < 1.29 is 5.11 Å². The first-order valence-electron chi connectivity index (χ1n) is 12.8. The highest BCUT2D eigenvalue weighted by Gasteiger charge is 2.26. The Kier molecular flexibility index (Phi) is 8.58. The summed E-state index contributed by atoms with van der Waals surface area (Å²) in [5.74, 6) is 0.773. The minimum absolute atomic E-state index is 0.105. The van der Waals surface area contributed by atoms with E-state index in [1.54, 1.807) is 0 Å². The largest absolute Gasteiger partial charge is 0.505 e. The van der Waals surface area contributed by atoms with Gasteiger partial charge in [-0.2, -0.15) is 0 Å². The first-order chi connectivity index (χ1) is 16.7. The number of hydrogen-bond donors (Lipinski definition) is 3. The molecule has 36 heavy (non-hydrogen) atoms. The van der Waals surface area contributed by atoms with Crippen LogP contribution >= 0.6 is 23.2 Å². The van der Waals surface area contributed by atoms with Crippen molar-refractivity contribution in [1.82, 2.24) is 0 Å². The average Bonchev–Trinajstić information content (AvgIpc) is 2.78. The highest BCUT2D eigenvalue weighted by molar-refractivity contribution is 6.37. The molecule has 0 unspecified atom stereocenters. The number of nitrogens with two attached hydrogens (primary N) is 2. The van der Waals surface area contributed by atoms with Crippen LogP contribution < -0.4 is 11.5 Å². The van der Waals surface area contributed by atoms with Gasteiger partial charge in [0.1, 0.15) is 0 Å². The standard InChI is InChI=1S/C31H40Cl2N2O/c1-15(2)22-9-19(10-23(16(3)4)29(22)34)28(21-13-26(32)31(36)27(33)14-21)20-11-24(17(5)6)30(35)25(12-20)18(7)8/h9-18,28,36H,34-35H2,1-8H3. The first-order valence-corrected chi connectivity index (χ1v) is 13.5. The van der Waals surface area contributed by atoms with E-state index in [-0.39, 0.29) is 45.4 Å². The Bertz CT molecular complexity index is 1110. The Morgan fingerprint density at radius 1 is 0.528 bits per heavy atom. The third kappa shape index (κ3) is 5.48. The maximum Gasteiger partial charge on any atom is 0.152 e. The van der Waals surface area contributed by atoms with Crippen LogP contribution in [0, 0.1) is 0 Å². The van der Waals surface area contributed by atoms with Crippen molar-refractivity contribution in [2.75, 3.05) is 11.5 Å². The van der Waals surface area contributed by atoms with Gasteiger partial charge < -0.3 is 16.6 Å². The lowest BCUT2D eigenvalue weighted by Crippen LogP contribution is -2.12. The predicted molar refractivity (Wildman–Crippen MR) is 157 cm³/mol. The van der Waals surface area contributed by atoms with Crippen molar-refractivity contribution in [2.24, 2.45) is 0 Å². The molecule has 3 aromatic carbocycles. The van der Waals surface area contributed by atoms with Crippen molar-refractivity contribution in [1.29, 1.82) is 0 Å². The summed E-state index contributed by atoms with van der Waals surface area (Å²) in [7, 11) is 0. The first kappa shape index (κ1) is 28.2. The lowest BCUT2D eigenvalue weighted by molar-refractivity contribution is 0.475. The van der Waals surface area contributed by atoms with Gasteiger partial charge in [0.15, 0.2) is 5.75 Å². The number of aromatic hydroxyl groups is 1. The van der Waals surface area contributed by atoms with Crippen molar-refractivity contribution in [3.63, 3.8) is 0 Å². The number of rotatable bonds is 7. The fraction of sp³-hybridized carbons (Fsp3) is 0.419. The summed E-state index contributed by atoms with van der Waals surface area (Å²) in [5, 5.41) is 10.8. The van der Waals surface area contributed by atoms with Crippen LogP contribution in [0.1, 0.15) is 124 Å². The number of anilines is 2. The fourth-order valence-corrected chi connectivity index (χ4v) is 5.52. The lowest BCUT2D eigenvalue weighted by Gasteiger charge is -2.27. The zero-order chi connectivity index (χ0) is 27.1. The van der Waals surface area contributed by atoms with E-state index in [0.29, 0.717) is 0 Å². The third-order valence-corrected chi connectivity index (χ3v) is 7.64. The Morgan fingerprint density at radius 2 is 0.778 bits per heavy atom. The van der Waals surface area contributed by atoms with E-state index in [1.807, 2.05) is 12.1 Å². The van der Waals surface area contributed by atoms with Gasteiger partial charge in [0, 0.05) is 17.3 Å². The zero-order valence-corrected chi connectivity index (χ0v) is 24.2. The molecule has 0 amide bonds. The summed E-state index contributed by atoms with van der Waals surface area (Å²) in [6.45, 7) is 17.3. The van der Waals surface area contributed by atoms with Crippen LogP contribution in [0.2, 0.25) is 10.0 Å². The van der Waals surface area contributed by atoms with Crippen LogP contribution in [0.5, 0.6) is 5.75 Å². The monoisotopic (exact) mass is 526 g/mol. The van der Waals surface area contributed by atoms with E-state index in [4.69, 9.17) is 34.7 Å². The fourth-order valence-electron chi connectivity index (χ4n) is 5.02. The highest BCUT2D eigenvalue weighted by atomic mass is 35.5. The summed E-state index contributed by atoms with van der Waals surface area (Å²) >= 11 is 12.9. The van der Waals surface area contributed by atoms with E-state index in [9.17, 15) is 5.11 Å². The second kappa shape index (κ2) is 10.9. The van der Waals surface area contributed by atoms with Gasteiger partial charge in [-0.25, -0.2) is 0 Å². The molecule has 0 fully saturated rings. The molecule has 5 heteroatoms. The van der Waals surface area contributed by atoms with E-state index < -0.39 is 0 Å². The quantitative estimate of drug-likeness (QED) is 0.212. The van der Waals surface area contributed by atoms with Crippen LogP contribution in [0.25, 0.3) is 0 Å². The molecule has 3 rings (SSSR count). The average molecular weight is 528 g/mol. The Balaban J connectivity index is 2.46. The van der Waals surface area contributed by atoms with E-state index in [1.165, 1.54) is 0 Å². The maximum absolute atomic E-state index is 10.3. The van der Waals surface area contributed by atoms with Crippen LogP contribution in [-0.2, 0) is 0 Å². The summed E-state index contributed by atoms with van der Waals surface area (Å²) < 4.78 is 0. The van der Waals surface area contributed by atoms with Crippen LogP contribution in [0.15, 0.2) is 36.4 Å². The molecule has 0 bridgehead atoms. The minimum Gasteiger partial charge on any atom is -0.505 e. The molecule has 0 saturated heterocycles. The van der Waals surface area contributed by atoms with Crippen LogP contribution in [0.3, 0.4) is 0 Å². The molecular formula is C31H40Cl2N2O. The molecule has 0 aliphatic carbocycles. The predicted octanol–water partition coefficient (Wildman–Crippen LogP) is 9.54. The highest BCUT2D eigenvalue weighted by Crippen LogP contribution is 2.44. The van der Waals surface area contributed by atoms with Gasteiger partial charge in [-0.05, 0) is 74.7 Å². The minimum atomic E-state index is -0.174. The SMILES string of the molecule is CC(C)c1cc(C(c2cc(Cl)c(O)c(Cl)c2)c2cc(C(C)C)c(N)c(C(C)C)c2)cc(C(C)C)c1N. The number of benzene rings is 3. The number of halogens is 2. The smallest absolute Gasteiger partial charge is 0.152 e. The van der Waals surface area contributed by atoms with E-state index in [0.717, 1.165) is 50.3 Å². The second-order valence-corrected chi connectivity index (χ2v) is 11.9. The topological polar surface area (TPSA) is 72.3 Å². The third-order valence-electron chi connectivity index (χ3n) is 7.06. The van der Waals surface area contributed by atoms with Gasteiger partial charge in [0.25, 0.3) is 0 Å². The van der Waals surface area contributed by atoms with E-state index in [2.05, 4.69) is 79.7 Å². The van der Waals surface area contributed by atoms with Gasteiger partial charge in [0.05, 0.1) is 10.0 Å². The molecule has 0 radical (unpaired) electrons. The second-order valence-electron chi connectivity index (χ2n) is 11.1. The molecule has 0 heterocycles. The van der Waals surface area contributed by atoms with Crippen molar-refractivity contribution in [3.8, 4) is 5.75 Å². The Labute approximate surface area is 226 Å². The molecule has 0 aromatic heterocycles. The normalized spacial score (nSPS) is 12.1. The van der Waals surface area contributed by atoms with Crippen molar-refractivity contribution in [3.05, 3.63) is 85.4 Å². The molecular weight excluding hydrogens is 487 g/mol. The number of nitrogen functional groups attached to an aromatic ring is 2. The molecule has 0 aliphatic rings. The van der Waals surface area contributed by atoms with Gasteiger partial charge in [-0.15, -0.1) is 0 Å². The van der Waals surface area contributed by atoms with Crippen molar-refractivity contribution >= 4 is 34.6 Å². The summed E-state index contributed by atoms with van der Waals surface area (Å²) in [6, 6.07) is 12.5. The molecule has 0 spiro atoms. The van der Waals surface area contributed by atoms with Gasteiger partial charge in [0.2, 0.25) is 0 Å². The summed E-state index contributed by atoms with van der Waals surface area (Å²) in [5.41, 5.74) is 22.7. The molecule has 0 aliphatic heterocycles. The van der Waals surface area contributed by atoms with Gasteiger partial charge >= 0.3 is 0 Å². The number of hydrogen-bond acceptors (Lipinski definition) is 3. The molecule has 194 valence electrons. The molecule has 0 saturated carbocycles. The number of phenols is 1. The molecule has 0 atom stereocenters. The Hall–Kier alpha value is -2.36. The summed E-state index contributed by atoms with van der Waals surface area (Å²) in [6.07, 6.45) is 0. The van der Waals surface area contributed by atoms with Gasteiger partial charge in [-0.1, -0.05) is 103 Å². The molecule has 3 aromatic rings. The van der Waals surface area contributed by atoms with Gasteiger partial charge in [-0.3, -0.25) is 0 Å². The Morgan fingerprint density at radius 3 is 1.03 bits per heavy atom. The number of phenolic OH excluding ortho intramolecular Hbond substituents is 1. The zero-order valence-electron chi connectivity index (χ0n) is 22.7. The van der Waals surface area contributed by atoms with E-state index >= 15 is 0 Å². The summed E-state index contributed by atoms with van der Waals surface area (Å²) in [4.78, 5) is 0. The maximum atomic E-state index is 10.3. The van der Waals surface area contributed by atoms with Crippen LogP contribution in [0.4, 0.5) is 11.4 Å². The van der Waals surface area contributed by atoms with Crippen molar-refractivity contribution in [2.45, 2.75) is 85.0 Å². The molecule has 5 N–H and O–H groups in total. The molecule has 3 nitrogen and oxygen atoms in total. The lowest BCUT2D eigenvalue weighted by atomic mass is 9.78.